The summed E-state index contributed by atoms with van der Waals surface area (Å²) < 4.78 is 11.6. The third-order valence-corrected chi connectivity index (χ3v) is 7.03. The number of ether oxygens (including phenoxy) is 1. The van der Waals surface area contributed by atoms with Crippen molar-refractivity contribution in [1.82, 2.24) is 4.90 Å². The number of fused-ring (bicyclic) bond motifs is 1. The fraction of sp³-hybridized carbons (Fsp3) is 0.300. The number of nitrogens with zero attached hydrogens (tertiary/aromatic N) is 1. The lowest BCUT2D eigenvalue weighted by molar-refractivity contribution is 0.233. The summed E-state index contributed by atoms with van der Waals surface area (Å²) >= 11 is 0. The van der Waals surface area contributed by atoms with Crippen LogP contribution >= 0.6 is 0 Å². The van der Waals surface area contributed by atoms with Crippen molar-refractivity contribution in [3.8, 4) is 22.6 Å². The first kappa shape index (κ1) is 23.2. The molecular weight excluding hydrogens is 438 g/mol. The van der Waals surface area contributed by atoms with Gasteiger partial charge in [-0.25, -0.2) is 4.79 Å². The number of hydrogen-bond acceptors (Lipinski definition) is 5. The second-order valence-electron chi connectivity index (χ2n) is 9.52. The van der Waals surface area contributed by atoms with Gasteiger partial charge in [0.25, 0.3) is 0 Å². The minimum atomic E-state index is -0.404. The van der Waals surface area contributed by atoms with E-state index in [0.29, 0.717) is 30.2 Å². The van der Waals surface area contributed by atoms with Crippen molar-refractivity contribution in [2.24, 2.45) is 0 Å². The quantitative estimate of drug-likeness (QED) is 0.340. The van der Waals surface area contributed by atoms with E-state index in [9.17, 15) is 9.90 Å². The van der Waals surface area contributed by atoms with Crippen LogP contribution in [0.4, 0.5) is 0 Å². The maximum atomic E-state index is 13.1. The van der Waals surface area contributed by atoms with Gasteiger partial charge in [0.2, 0.25) is 0 Å². The van der Waals surface area contributed by atoms with Crippen LogP contribution in [-0.4, -0.2) is 36.2 Å². The molecule has 1 fully saturated rings. The van der Waals surface area contributed by atoms with E-state index in [-0.39, 0.29) is 5.75 Å². The third-order valence-electron chi connectivity index (χ3n) is 7.03. The van der Waals surface area contributed by atoms with Crippen LogP contribution in [0.2, 0.25) is 0 Å². The summed E-state index contributed by atoms with van der Waals surface area (Å²) in [5.41, 5.74) is 4.45. The molecule has 0 spiro atoms. The van der Waals surface area contributed by atoms with Crippen molar-refractivity contribution in [3.05, 3.63) is 93.8 Å². The number of hydrogen-bond donors (Lipinski definition) is 1. The molecule has 1 N–H and O–H groups in total. The van der Waals surface area contributed by atoms with Gasteiger partial charge in [0.1, 0.15) is 17.1 Å². The average Bonchev–Trinajstić information content (AvgIpc) is 3.25. The molecular formula is C30H31NO4. The lowest BCUT2D eigenvalue weighted by atomic mass is 9.93. The Kier molecular flexibility index (Phi) is 6.60. The van der Waals surface area contributed by atoms with Gasteiger partial charge in [-0.05, 0) is 87.2 Å². The van der Waals surface area contributed by atoms with Gasteiger partial charge >= 0.3 is 5.63 Å². The van der Waals surface area contributed by atoms with Crippen LogP contribution in [0.5, 0.6) is 11.5 Å². The van der Waals surface area contributed by atoms with Crippen molar-refractivity contribution < 1.29 is 14.3 Å². The zero-order valence-corrected chi connectivity index (χ0v) is 20.3. The van der Waals surface area contributed by atoms with E-state index in [1.165, 1.54) is 25.5 Å². The topological polar surface area (TPSA) is 62.9 Å². The molecule has 0 saturated carbocycles. The minimum Gasteiger partial charge on any atom is -0.508 e. The maximum absolute atomic E-state index is 13.1. The van der Waals surface area contributed by atoms with E-state index >= 15 is 0 Å². The second-order valence-corrected chi connectivity index (χ2v) is 9.52. The lowest BCUT2D eigenvalue weighted by Crippen LogP contribution is -2.26. The molecule has 1 aromatic heterocycles. The standard InChI is InChI=1S/C30H31NO4/c1-20-5-9-22(10-6-20)29-27(26-14-11-24(32)19-28(26)35-30(29)33)18-21-7-12-25(13-8-21)34-17-15-23-4-3-16-31(23)2/h5-14,19,23,32H,3-4,15-18H2,1-2H3. The van der Waals surface area contributed by atoms with Crippen LogP contribution in [0.1, 0.15) is 36.0 Å². The number of aryl methyl sites for hydroxylation is 1. The zero-order valence-electron chi connectivity index (χ0n) is 20.3. The molecule has 180 valence electrons. The predicted molar refractivity (Wildman–Crippen MR) is 139 cm³/mol. The molecule has 35 heavy (non-hydrogen) atoms. The highest BCUT2D eigenvalue weighted by atomic mass is 16.5. The van der Waals surface area contributed by atoms with Gasteiger partial charge in [-0.2, -0.15) is 0 Å². The van der Waals surface area contributed by atoms with Gasteiger partial charge in [0, 0.05) is 17.5 Å². The SMILES string of the molecule is Cc1ccc(-c2c(Cc3ccc(OCCC4CCCN4C)cc3)c3ccc(O)cc3oc2=O)cc1. The molecule has 3 aromatic carbocycles. The number of phenolic OH excluding ortho intramolecular Hbond substituents is 1. The Morgan fingerprint density at radius 1 is 1.06 bits per heavy atom. The molecule has 0 aliphatic carbocycles. The molecule has 5 rings (SSSR count). The lowest BCUT2D eigenvalue weighted by Gasteiger charge is -2.19. The summed E-state index contributed by atoms with van der Waals surface area (Å²) in [7, 11) is 2.19. The fourth-order valence-corrected chi connectivity index (χ4v) is 5.01. The van der Waals surface area contributed by atoms with Crippen molar-refractivity contribution >= 4 is 11.0 Å². The van der Waals surface area contributed by atoms with Gasteiger partial charge in [-0.15, -0.1) is 0 Å². The van der Waals surface area contributed by atoms with Crippen LogP contribution in [0.15, 0.2) is 75.9 Å². The molecule has 0 amide bonds. The highest BCUT2D eigenvalue weighted by Crippen LogP contribution is 2.31. The van der Waals surface area contributed by atoms with Crippen molar-refractivity contribution in [3.63, 3.8) is 0 Å². The molecule has 5 nitrogen and oxygen atoms in total. The number of phenols is 1. The molecule has 5 heteroatoms. The van der Waals surface area contributed by atoms with Gasteiger partial charge in [0.05, 0.1) is 12.2 Å². The molecule has 1 unspecified atom stereocenters. The van der Waals surface area contributed by atoms with E-state index in [4.69, 9.17) is 9.15 Å². The first-order chi connectivity index (χ1) is 17.0. The van der Waals surface area contributed by atoms with Crippen LogP contribution in [0.25, 0.3) is 22.1 Å². The monoisotopic (exact) mass is 469 g/mol. The molecule has 1 atom stereocenters. The molecule has 0 radical (unpaired) electrons. The maximum Gasteiger partial charge on any atom is 0.344 e. The van der Waals surface area contributed by atoms with Crippen LogP contribution < -0.4 is 10.4 Å². The Labute approximate surface area is 205 Å². The van der Waals surface area contributed by atoms with Crippen molar-refractivity contribution in [1.29, 1.82) is 0 Å². The Balaban J connectivity index is 1.42. The Bertz CT molecular complexity index is 1370. The Morgan fingerprint density at radius 3 is 2.54 bits per heavy atom. The Morgan fingerprint density at radius 2 is 1.83 bits per heavy atom. The third kappa shape index (κ3) is 5.10. The van der Waals surface area contributed by atoms with E-state index < -0.39 is 5.63 Å². The van der Waals surface area contributed by atoms with E-state index in [1.807, 2.05) is 49.4 Å². The summed E-state index contributed by atoms with van der Waals surface area (Å²) in [6.07, 6.45) is 4.12. The summed E-state index contributed by atoms with van der Waals surface area (Å²) in [6, 6.07) is 21.6. The van der Waals surface area contributed by atoms with Crippen molar-refractivity contribution in [2.75, 3.05) is 20.2 Å². The summed E-state index contributed by atoms with van der Waals surface area (Å²) in [5, 5.41) is 10.7. The van der Waals surface area contributed by atoms with Crippen LogP contribution in [0, 0.1) is 6.92 Å². The zero-order chi connectivity index (χ0) is 24.4. The van der Waals surface area contributed by atoms with Gasteiger partial charge in [-0.3, -0.25) is 0 Å². The molecule has 2 heterocycles. The van der Waals surface area contributed by atoms with Gasteiger partial charge < -0.3 is 19.2 Å². The minimum absolute atomic E-state index is 0.0694. The first-order valence-electron chi connectivity index (χ1n) is 12.3. The normalized spacial score (nSPS) is 16.1. The second kappa shape index (κ2) is 9.96. The van der Waals surface area contributed by atoms with Crippen molar-refractivity contribution in [2.45, 2.75) is 38.6 Å². The smallest absolute Gasteiger partial charge is 0.344 e. The van der Waals surface area contributed by atoms with Gasteiger partial charge in [-0.1, -0.05) is 42.0 Å². The van der Waals surface area contributed by atoms with Crippen LogP contribution in [0.3, 0.4) is 0 Å². The predicted octanol–water partition coefficient (Wildman–Crippen LogP) is 5.93. The summed E-state index contributed by atoms with van der Waals surface area (Å²) in [5.74, 6) is 0.926. The molecule has 0 bridgehead atoms. The van der Waals surface area contributed by atoms with Crippen LogP contribution in [-0.2, 0) is 6.42 Å². The highest BCUT2D eigenvalue weighted by molar-refractivity contribution is 5.88. The summed E-state index contributed by atoms with van der Waals surface area (Å²) in [6.45, 7) is 3.90. The average molecular weight is 470 g/mol. The molecule has 1 aliphatic heterocycles. The van der Waals surface area contributed by atoms with Gasteiger partial charge in [0.15, 0.2) is 0 Å². The highest BCUT2D eigenvalue weighted by Gasteiger charge is 2.20. The van der Waals surface area contributed by atoms with E-state index in [0.717, 1.165) is 39.8 Å². The Hall–Kier alpha value is -3.57. The van der Waals surface area contributed by atoms with E-state index in [1.54, 1.807) is 6.07 Å². The molecule has 4 aromatic rings. The largest absolute Gasteiger partial charge is 0.508 e. The van der Waals surface area contributed by atoms with E-state index in [2.05, 4.69) is 24.1 Å². The molecule has 1 saturated heterocycles. The number of rotatable bonds is 7. The first-order valence-corrected chi connectivity index (χ1v) is 12.3. The molecule has 1 aliphatic rings. The number of likely N-dealkylation sites (tertiary alicyclic amines) is 1. The fourth-order valence-electron chi connectivity index (χ4n) is 5.01. The summed E-state index contributed by atoms with van der Waals surface area (Å²) in [4.78, 5) is 15.5. The number of aromatic hydroxyl groups is 1. The number of benzene rings is 3.